The normalized spacial score (nSPS) is 13.9. The summed E-state index contributed by atoms with van der Waals surface area (Å²) in [6.45, 7) is 1.90. The fourth-order valence-electron chi connectivity index (χ4n) is 2.55. The predicted molar refractivity (Wildman–Crippen MR) is 89.6 cm³/mol. The lowest BCUT2D eigenvalue weighted by Gasteiger charge is -2.06. The number of nitrogens with one attached hydrogen (secondary N) is 2. The minimum Gasteiger partial charge on any atom is -0.319 e. The molecule has 0 atom stereocenters. The highest BCUT2D eigenvalue weighted by Crippen LogP contribution is 2.42. The Morgan fingerprint density at radius 1 is 1.38 bits per heavy atom. The van der Waals surface area contributed by atoms with Crippen LogP contribution in [0.15, 0.2) is 30.7 Å². The number of hydrogen-bond acceptors (Lipinski definition) is 4. The van der Waals surface area contributed by atoms with Crippen molar-refractivity contribution < 1.29 is 4.79 Å². The smallest absolute Gasteiger partial charge is 0.277 e. The van der Waals surface area contributed by atoms with Crippen LogP contribution in [0.5, 0.6) is 0 Å². The molecule has 1 aliphatic rings. The first-order valence-electron chi connectivity index (χ1n) is 7.65. The number of carbonyl (C=O) groups is 1. The predicted octanol–water partition coefficient (Wildman–Crippen LogP) is 3.08. The molecule has 0 saturated heterocycles. The number of hydrogen-bond donors (Lipinski definition) is 2. The van der Waals surface area contributed by atoms with Gasteiger partial charge in [-0.2, -0.15) is 5.10 Å². The van der Waals surface area contributed by atoms with E-state index in [0.717, 1.165) is 30.2 Å². The van der Waals surface area contributed by atoms with E-state index in [1.807, 2.05) is 23.8 Å². The monoisotopic (exact) mass is 342 g/mol. The third kappa shape index (κ3) is 2.67. The maximum Gasteiger partial charge on any atom is 0.277 e. The van der Waals surface area contributed by atoms with Crippen LogP contribution in [0.4, 0.5) is 5.69 Å². The molecule has 1 amide bonds. The SMILES string of the molecule is Cc1nccn1-c1ccc(NC(=O)c2n[nH]c(C3CC3)c2Cl)cn1. The maximum atomic E-state index is 12.3. The van der Waals surface area contributed by atoms with E-state index in [0.29, 0.717) is 16.6 Å². The van der Waals surface area contributed by atoms with Crippen molar-refractivity contribution in [2.75, 3.05) is 5.32 Å². The van der Waals surface area contributed by atoms with Gasteiger partial charge in [-0.25, -0.2) is 9.97 Å². The first-order valence-corrected chi connectivity index (χ1v) is 8.03. The van der Waals surface area contributed by atoms with Gasteiger partial charge in [0.05, 0.1) is 22.6 Å². The number of pyridine rings is 1. The number of halogens is 1. The van der Waals surface area contributed by atoms with Crippen molar-refractivity contribution in [1.29, 1.82) is 0 Å². The number of aromatic amines is 1. The molecule has 1 saturated carbocycles. The van der Waals surface area contributed by atoms with E-state index in [-0.39, 0.29) is 11.6 Å². The molecule has 0 bridgehead atoms. The number of nitrogens with zero attached hydrogens (tertiary/aromatic N) is 4. The molecule has 3 aromatic rings. The number of anilines is 1. The van der Waals surface area contributed by atoms with Crippen molar-refractivity contribution in [1.82, 2.24) is 24.7 Å². The van der Waals surface area contributed by atoms with Gasteiger partial charge in [-0.1, -0.05) is 11.6 Å². The van der Waals surface area contributed by atoms with Crippen LogP contribution in [0.2, 0.25) is 5.02 Å². The Kier molecular flexibility index (Phi) is 3.57. The zero-order valence-electron chi connectivity index (χ0n) is 13.0. The molecule has 122 valence electrons. The molecule has 1 aliphatic carbocycles. The average molecular weight is 343 g/mol. The number of carbonyl (C=O) groups excluding carboxylic acids is 1. The highest BCUT2D eigenvalue weighted by Gasteiger charge is 2.30. The van der Waals surface area contributed by atoms with Crippen molar-refractivity contribution in [2.45, 2.75) is 25.7 Å². The lowest BCUT2D eigenvalue weighted by molar-refractivity contribution is 0.102. The Hall–Kier alpha value is -2.67. The van der Waals surface area contributed by atoms with Gasteiger partial charge in [-0.15, -0.1) is 0 Å². The van der Waals surface area contributed by atoms with E-state index in [9.17, 15) is 4.79 Å². The molecule has 0 unspecified atom stereocenters. The minimum absolute atomic E-state index is 0.216. The molecule has 24 heavy (non-hydrogen) atoms. The fraction of sp³-hybridized carbons (Fsp3) is 0.250. The van der Waals surface area contributed by atoms with E-state index in [4.69, 9.17) is 11.6 Å². The summed E-state index contributed by atoms with van der Waals surface area (Å²) in [5.74, 6) is 1.63. The van der Waals surface area contributed by atoms with Gasteiger partial charge < -0.3 is 5.32 Å². The van der Waals surface area contributed by atoms with E-state index < -0.39 is 0 Å². The van der Waals surface area contributed by atoms with Crippen LogP contribution >= 0.6 is 11.6 Å². The standard InChI is InChI=1S/C16H15ClN6O/c1-9-18-6-7-23(9)12-5-4-11(8-19-12)20-16(24)15-13(17)14(21-22-15)10-2-3-10/h4-8,10H,2-3H2,1H3,(H,20,24)(H,21,22). The largest absolute Gasteiger partial charge is 0.319 e. The van der Waals surface area contributed by atoms with Crippen molar-refractivity contribution in [3.8, 4) is 5.82 Å². The summed E-state index contributed by atoms with van der Waals surface area (Å²) in [6.07, 6.45) is 7.31. The van der Waals surface area contributed by atoms with Gasteiger partial charge in [-0.05, 0) is 31.9 Å². The minimum atomic E-state index is -0.350. The van der Waals surface area contributed by atoms with Gasteiger partial charge >= 0.3 is 0 Å². The van der Waals surface area contributed by atoms with Gasteiger partial charge in [-0.3, -0.25) is 14.5 Å². The van der Waals surface area contributed by atoms with Crippen molar-refractivity contribution >= 4 is 23.2 Å². The number of aromatic nitrogens is 5. The Morgan fingerprint density at radius 2 is 2.21 bits per heavy atom. The molecule has 0 aliphatic heterocycles. The Labute approximate surface area is 143 Å². The molecule has 7 nitrogen and oxygen atoms in total. The summed E-state index contributed by atoms with van der Waals surface area (Å²) in [6, 6.07) is 3.59. The zero-order chi connectivity index (χ0) is 16.7. The van der Waals surface area contributed by atoms with Crippen LogP contribution in [0.3, 0.4) is 0 Å². The van der Waals surface area contributed by atoms with Crippen LogP contribution in [0.25, 0.3) is 5.82 Å². The first kappa shape index (κ1) is 14.9. The van der Waals surface area contributed by atoms with Crippen LogP contribution < -0.4 is 5.32 Å². The summed E-state index contributed by atoms with van der Waals surface area (Å²) in [4.78, 5) is 20.8. The number of amides is 1. The average Bonchev–Trinajstić information content (AvgIpc) is 3.21. The molecule has 0 spiro atoms. The Morgan fingerprint density at radius 3 is 2.83 bits per heavy atom. The number of rotatable bonds is 4. The zero-order valence-corrected chi connectivity index (χ0v) is 13.7. The molecule has 1 fully saturated rings. The number of aryl methyl sites for hydroxylation is 1. The molecule has 3 heterocycles. The number of H-pyrrole nitrogens is 1. The van der Waals surface area contributed by atoms with Crippen molar-refractivity contribution in [3.63, 3.8) is 0 Å². The second-order valence-electron chi connectivity index (χ2n) is 5.78. The molecule has 0 radical (unpaired) electrons. The van der Waals surface area contributed by atoms with Gasteiger partial charge in [0, 0.05) is 18.3 Å². The number of imidazole rings is 1. The van der Waals surface area contributed by atoms with E-state index in [1.165, 1.54) is 0 Å². The molecular weight excluding hydrogens is 328 g/mol. The topological polar surface area (TPSA) is 88.5 Å². The van der Waals surface area contributed by atoms with Crippen LogP contribution in [0.1, 0.15) is 40.8 Å². The van der Waals surface area contributed by atoms with E-state index in [1.54, 1.807) is 18.5 Å². The first-order chi connectivity index (χ1) is 11.6. The van der Waals surface area contributed by atoms with Gasteiger partial charge in [0.25, 0.3) is 5.91 Å². The molecule has 4 rings (SSSR count). The summed E-state index contributed by atoms with van der Waals surface area (Å²) in [7, 11) is 0. The highest BCUT2D eigenvalue weighted by molar-refractivity contribution is 6.34. The second kappa shape index (κ2) is 5.76. The van der Waals surface area contributed by atoms with Crippen LogP contribution in [0, 0.1) is 6.92 Å². The highest BCUT2D eigenvalue weighted by atomic mass is 35.5. The lowest BCUT2D eigenvalue weighted by atomic mass is 10.2. The third-order valence-corrected chi connectivity index (χ3v) is 4.39. The van der Waals surface area contributed by atoms with Gasteiger partial charge in [0.15, 0.2) is 5.69 Å². The summed E-state index contributed by atoms with van der Waals surface area (Å²) >= 11 is 6.25. The fourth-order valence-corrected chi connectivity index (χ4v) is 2.87. The van der Waals surface area contributed by atoms with Crippen LogP contribution in [-0.4, -0.2) is 30.6 Å². The molecule has 8 heteroatoms. The van der Waals surface area contributed by atoms with E-state index >= 15 is 0 Å². The van der Waals surface area contributed by atoms with Crippen molar-refractivity contribution in [2.24, 2.45) is 0 Å². The summed E-state index contributed by atoms with van der Waals surface area (Å²) in [5.41, 5.74) is 1.65. The quantitative estimate of drug-likeness (QED) is 0.762. The maximum absolute atomic E-state index is 12.3. The molecule has 0 aromatic carbocycles. The summed E-state index contributed by atoms with van der Waals surface area (Å²) < 4.78 is 1.86. The Balaban J connectivity index is 1.51. The third-order valence-electron chi connectivity index (χ3n) is 4.01. The van der Waals surface area contributed by atoms with Crippen molar-refractivity contribution in [3.05, 3.63) is 53.0 Å². The lowest BCUT2D eigenvalue weighted by Crippen LogP contribution is -2.13. The summed E-state index contributed by atoms with van der Waals surface area (Å²) in [5, 5.41) is 10.1. The Bertz CT molecular complexity index is 894. The van der Waals surface area contributed by atoms with Gasteiger partial charge in [0.1, 0.15) is 11.6 Å². The van der Waals surface area contributed by atoms with E-state index in [2.05, 4.69) is 25.5 Å². The van der Waals surface area contributed by atoms with Gasteiger partial charge in [0.2, 0.25) is 0 Å². The molecule has 2 N–H and O–H groups in total. The van der Waals surface area contributed by atoms with Crippen LogP contribution in [-0.2, 0) is 0 Å². The second-order valence-corrected chi connectivity index (χ2v) is 6.16. The molecule has 3 aromatic heterocycles. The molecular formula is C16H15ClN6O.